The van der Waals surface area contributed by atoms with Gasteiger partial charge in [-0.3, -0.25) is 0 Å². The van der Waals surface area contributed by atoms with Crippen molar-refractivity contribution in [3.8, 4) is 11.5 Å². The number of hydrogen-bond acceptors (Lipinski definition) is 2. The molecule has 276 valence electrons. The molecule has 0 aliphatic heterocycles. The van der Waals surface area contributed by atoms with Crippen molar-refractivity contribution in [1.82, 2.24) is 0 Å². The molecule has 2 nitrogen and oxygen atoms in total. The lowest BCUT2D eigenvalue weighted by molar-refractivity contribution is 0.405. The van der Waals surface area contributed by atoms with Gasteiger partial charge in [-0.05, 0) is 223 Å². The third-order valence-corrected chi connectivity index (χ3v) is 18.2. The Balaban J connectivity index is 1.16. The van der Waals surface area contributed by atoms with Crippen molar-refractivity contribution >= 4 is 81.4 Å². The molecule has 1 saturated carbocycles. The van der Waals surface area contributed by atoms with E-state index in [4.69, 9.17) is 9.47 Å². The van der Waals surface area contributed by atoms with Gasteiger partial charge in [0.2, 0.25) is 0 Å². The van der Waals surface area contributed by atoms with E-state index in [-0.39, 0.29) is 5.41 Å². The normalized spacial score (nSPS) is 26.1. The van der Waals surface area contributed by atoms with Gasteiger partial charge in [-0.25, -0.2) is 0 Å². The summed E-state index contributed by atoms with van der Waals surface area (Å²) in [4.78, 5) is 0. The first-order chi connectivity index (χ1) is 28.9. The van der Waals surface area contributed by atoms with Crippen LogP contribution in [-0.4, -0.2) is 14.2 Å². The summed E-state index contributed by atoms with van der Waals surface area (Å²) < 4.78 is 12.3. The lowest BCUT2D eigenvalue weighted by Crippen LogP contribution is -2.42. The first-order valence-electron chi connectivity index (χ1n) is 21.9. The molecule has 9 aromatic rings. The Kier molecular flexibility index (Phi) is 4.06. The van der Waals surface area contributed by atoms with Crippen molar-refractivity contribution < 1.29 is 9.47 Å². The molecule has 1 fully saturated rings. The molecule has 2 heteroatoms. The maximum absolute atomic E-state index is 6.32. The van der Waals surface area contributed by atoms with Crippen LogP contribution >= 0.6 is 0 Å². The second-order valence-electron chi connectivity index (χ2n) is 20.1. The summed E-state index contributed by atoms with van der Waals surface area (Å²) in [5.74, 6) is 2.77. The predicted octanol–water partition coefficient (Wildman–Crippen LogP) is 12.7. The first-order valence-corrected chi connectivity index (χ1v) is 21.9. The van der Waals surface area contributed by atoms with Crippen molar-refractivity contribution in [1.29, 1.82) is 0 Å². The Morgan fingerprint density at radius 3 is 2.17 bits per heavy atom. The summed E-state index contributed by atoms with van der Waals surface area (Å²) in [6, 6.07) is 16.9. The Hall–Kier alpha value is -6.12. The standard InChI is InChI=1S/C57H36O2/c1-21-6-7-24(35(10-21)59-5)19-57-32-17-30-15-28-13-26-11-25-12-27-14-29-16-31-18-56(20-32,33-8-9-34(58-4)23(3)22(33)2)54-51-41(31)38(29)43-39(27)42-36(25)37(26)44-40(28)50(53(30)57)48-47(44)45(42)46(43)49(51)52(48)55(54)57/h6-10,12-15,18,20,28,40H,11,16-17,19H2,1-5H3. The second kappa shape index (κ2) is 8.21. The highest BCUT2D eigenvalue weighted by molar-refractivity contribution is 6.54. The Morgan fingerprint density at radius 1 is 0.610 bits per heavy atom. The molecule has 18 rings (SSSR count). The fourth-order valence-corrected chi connectivity index (χ4v) is 16.6. The quantitative estimate of drug-likeness (QED) is 0.129. The fraction of sp³-hybridized carbons (Fsp3) is 0.228. The van der Waals surface area contributed by atoms with Crippen LogP contribution < -0.4 is 9.47 Å². The van der Waals surface area contributed by atoms with Gasteiger partial charge >= 0.3 is 0 Å². The van der Waals surface area contributed by atoms with E-state index in [1.165, 1.54) is 44.3 Å². The van der Waals surface area contributed by atoms with Crippen molar-refractivity contribution in [2.45, 2.75) is 63.2 Å². The van der Waals surface area contributed by atoms with Crippen LogP contribution in [-0.2, 0) is 30.1 Å². The average Bonchev–Trinajstić information content (AvgIpc) is 4.07. The van der Waals surface area contributed by atoms with Gasteiger partial charge in [-0.15, -0.1) is 0 Å². The van der Waals surface area contributed by atoms with Crippen LogP contribution in [0.4, 0.5) is 0 Å². The lowest BCUT2D eigenvalue weighted by atomic mass is 9.53. The zero-order chi connectivity index (χ0) is 38.2. The zero-order valence-corrected chi connectivity index (χ0v) is 33.7. The Labute approximate surface area is 340 Å². The summed E-state index contributed by atoms with van der Waals surface area (Å²) in [7, 11) is 3.70. The van der Waals surface area contributed by atoms with Gasteiger partial charge in [0, 0.05) is 17.3 Å². The van der Waals surface area contributed by atoms with Gasteiger partial charge in [-0.1, -0.05) is 60.2 Å². The minimum absolute atomic E-state index is 0.274. The minimum atomic E-state index is -0.402. The van der Waals surface area contributed by atoms with Crippen molar-refractivity contribution in [3.63, 3.8) is 0 Å². The van der Waals surface area contributed by atoms with Crippen molar-refractivity contribution in [2.24, 2.45) is 5.92 Å². The van der Waals surface area contributed by atoms with Crippen molar-refractivity contribution in [3.05, 3.63) is 156 Å². The number of hydrogen-bond donors (Lipinski definition) is 0. The molecule has 4 unspecified atom stereocenters. The van der Waals surface area contributed by atoms with Gasteiger partial charge in [-0.2, -0.15) is 0 Å². The van der Waals surface area contributed by atoms with E-state index in [9.17, 15) is 0 Å². The number of allylic oxidation sites excluding steroid dienone is 10. The van der Waals surface area contributed by atoms with Gasteiger partial charge in [0.25, 0.3) is 0 Å². The molecular formula is C57H36O2. The van der Waals surface area contributed by atoms with E-state index in [0.717, 1.165) is 37.2 Å². The van der Waals surface area contributed by atoms with Gasteiger partial charge in [0.15, 0.2) is 0 Å². The monoisotopic (exact) mass is 752 g/mol. The summed E-state index contributed by atoms with van der Waals surface area (Å²) in [6.07, 6.45) is 15.1. The van der Waals surface area contributed by atoms with E-state index >= 15 is 0 Å². The van der Waals surface area contributed by atoms with Crippen LogP contribution in [0, 0.1) is 26.7 Å². The molecule has 4 atom stereocenters. The molecular weight excluding hydrogens is 717 g/mol. The maximum atomic E-state index is 6.32. The van der Waals surface area contributed by atoms with E-state index in [2.05, 4.69) is 87.5 Å². The summed E-state index contributed by atoms with van der Waals surface area (Å²) in [5.41, 5.74) is 28.4. The molecule has 0 heterocycles. The largest absolute Gasteiger partial charge is 0.496 e. The molecule has 0 spiro atoms. The molecule has 9 aliphatic rings. The van der Waals surface area contributed by atoms with Crippen LogP contribution in [0.1, 0.15) is 84.7 Å². The Bertz CT molecular complexity index is 3950. The summed E-state index contributed by atoms with van der Waals surface area (Å²) >= 11 is 0. The molecule has 9 aromatic carbocycles. The third-order valence-electron chi connectivity index (χ3n) is 18.2. The highest BCUT2D eigenvalue weighted by Gasteiger charge is 2.64. The summed E-state index contributed by atoms with van der Waals surface area (Å²) in [5, 5.41) is 19.0. The van der Waals surface area contributed by atoms with Crippen molar-refractivity contribution in [2.75, 3.05) is 14.2 Å². The Morgan fingerprint density at radius 2 is 1.34 bits per heavy atom. The van der Waals surface area contributed by atoms with E-state index in [1.54, 1.807) is 126 Å². The van der Waals surface area contributed by atoms with Gasteiger partial charge < -0.3 is 9.47 Å². The number of ether oxygens (including phenoxy) is 2. The first kappa shape index (κ1) is 29.1. The van der Waals surface area contributed by atoms with Crippen LogP contribution in [0.2, 0.25) is 0 Å². The topological polar surface area (TPSA) is 18.5 Å². The molecule has 0 radical (unpaired) electrons. The summed E-state index contributed by atoms with van der Waals surface area (Å²) in [6.45, 7) is 6.83. The molecule has 0 aromatic heterocycles. The smallest absolute Gasteiger partial charge is 0.122 e. The van der Waals surface area contributed by atoms with Crippen LogP contribution in [0.15, 0.2) is 83.5 Å². The fourth-order valence-electron chi connectivity index (χ4n) is 16.6. The average molecular weight is 753 g/mol. The van der Waals surface area contributed by atoms with Crippen LogP contribution in [0.3, 0.4) is 0 Å². The van der Waals surface area contributed by atoms with Crippen LogP contribution in [0.5, 0.6) is 11.5 Å². The van der Waals surface area contributed by atoms with Crippen LogP contribution in [0.25, 0.3) is 81.4 Å². The zero-order valence-electron chi connectivity index (χ0n) is 33.7. The highest BCUT2D eigenvalue weighted by atomic mass is 16.5. The van der Waals surface area contributed by atoms with E-state index < -0.39 is 5.41 Å². The van der Waals surface area contributed by atoms with Gasteiger partial charge in [0.1, 0.15) is 11.5 Å². The molecule has 0 N–H and O–H groups in total. The van der Waals surface area contributed by atoms with E-state index in [1.807, 2.05) is 14.2 Å². The number of methoxy groups -OCH3 is 2. The maximum Gasteiger partial charge on any atom is 0.122 e. The number of aryl methyl sites for hydroxylation is 1. The molecule has 9 aliphatic carbocycles. The van der Waals surface area contributed by atoms with Gasteiger partial charge in [0.05, 0.1) is 19.6 Å². The SMILES string of the molecule is COc1cc(C)ccc1CC12C3=CC4(c5ccc(OC)c(C)c5C)C=C5Cc6cc7cc8c9c%10c%11c%12c(c%13c1c4c1c5c6c4c7c9c%12c4c1%13)C1=C2C(=CC(C=C%10C8)C1%11)C3. The second-order valence-corrected chi connectivity index (χ2v) is 20.1. The highest BCUT2D eigenvalue weighted by Crippen LogP contribution is 2.78. The minimum Gasteiger partial charge on any atom is -0.496 e. The number of benzene rings is 7. The number of rotatable bonds is 5. The lowest BCUT2D eigenvalue weighted by Gasteiger charge is -2.49. The predicted molar refractivity (Wildman–Crippen MR) is 240 cm³/mol. The molecule has 0 bridgehead atoms. The third kappa shape index (κ3) is 2.46. The van der Waals surface area contributed by atoms with E-state index in [0.29, 0.717) is 11.8 Å². The molecule has 0 amide bonds. The molecule has 59 heavy (non-hydrogen) atoms. The molecule has 0 saturated heterocycles.